The van der Waals surface area contributed by atoms with Gasteiger partial charge in [0.05, 0.1) is 22.1 Å². The molecule has 0 aromatic heterocycles. The van der Waals surface area contributed by atoms with Crippen LogP contribution in [0.5, 0.6) is 0 Å². The molecule has 0 saturated carbocycles. The highest BCUT2D eigenvalue weighted by Crippen LogP contribution is 2.22. The van der Waals surface area contributed by atoms with Gasteiger partial charge in [-0.25, -0.2) is 8.42 Å². The largest absolute Gasteiger partial charge is 0.324 e. The first-order chi connectivity index (χ1) is 12.1. The number of amides is 1. The van der Waals surface area contributed by atoms with Crippen LogP contribution in [0.25, 0.3) is 0 Å². The van der Waals surface area contributed by atoms with E-state index < -0.39 is 27.4 Å². The predicted molar refractivity (Wildman–Crippen MR) is 100 cm³/mol. The number of sulfonamides is 1. The van der Waals surface area contributed by atoms with Crippen molar-refractivity contribution in [2.24, 2.45) is 0 Å². The molecule has 2 rings (SSSR count). The SMILES string of the molecule is Cc1ccc([N+](=O)[O-])cc1NC(=O)CN(C)S(=O)(=O)c1ccc(Br)cc1. The fourth-order valence-electron chi connectivity index (χ4n) is 2.12. The average molecular weight is 442 g/mol. The minimum Gasteiger partial charge on any atom is -0.324 e. The normalized spacial score (nSPS) is 11.4. The topological polar surface area (TPSA) is 110 Å². The number of nitrogens with zero attached hydrogens (tertiary/aromatic N) is 2. The monoisotopic (exact) mass is 441 g/mol. The molecule has 1 amide bonds. The fourth-order valence-corrected chi connectivity index (χ4v) is 3.51. The predicted octanol–water partition coefficient (Wildman–Crippen LogP) is 2.92. The Morgan fingerprint density at radius 2 is 1.85 bits per heavy atom. The van der Waals surface area contributed by atoms with Crippen molar-refractivity contribution in [3.63, 3.8) is 0 Å². The van der Waals surface area contributed by atoms with E-state index in [0.717, 1.165) is 8.78 Å². The molecule has 2 aromatic rings. The van der Waals surface area contributed by atoms with Gasteiger partial charge in [-0.15, -0.1) is 0 Å². The van der Waals surface area contributed by atoms with Gasteiger partial charge in [0.1, 0.15) is 0 Å². The van der Waals surface area contributed by atoms with Crippen molar-refractivity contribution >= 4 is 43.2 Å². The summed E-state index contributed by atoms with van der Waals surface area (Å²) >= 11 is 3.23. The second kappa shape index (κ2) is 7.94. The Morgan fingerprint density at radius 3 is 2.42 bits per heavy atom. The maximum absolute atomic E-state index is 12.5. The third-order valence-corrected chi connectivity index (χ3v) is 5.94. The molecule has 0 heterocycles. The van der Waals surface area contributed by atoms with E-state index in [4.69, 9.17) is 0 Å². The van der Waals surface area contributed by atoms with Gasteiger partial charge >= 0.3 is 0 Å². The Balaban J connectivity index is 2.13. The summed E-state index contributed by atoms with van der Waals surface area (Å²) in [5.41, 5.74) is 0.725. The number of carbonyl (C=O) groups is 1. The zero-order valence-electron chi connectivity index (χ0n) is 14.0. The highest BCUT2D eigenvalue weighted by molar-refractivity contribution is 9.10. The number of hydrogen-bond acceptors (Lipinski definition) is 5. The quantitative estimate of drug-likeness (QED) is 0.547. The van der Waals surface area contributed by atoms with Gasteiger partial charge in [0.15, 0.2) is 0 Å². The van der Waals surface area contributed by atoms with E-state index >= 15 is 0 Å². The van der Waals surface area contributed by atoms with Crippen molar-refractivity contribution in [2.45, 2.75) is 11.8 Å². The minimum atomic E-state index is -3.83. The number of likely N-dealkylation sites (N-methyl/N-ethyl adjacent to an activating group) is 1. The van der Waals surface area contributed by atoms with E-state index in [2.05, 4.69) is 21.2 Å². The molecule has 10 heteroatoms. The van der Waals surface area contributed by atoms with Gasteiger partial charge in [-0.3, -0.25) is 14.9 Å². The zero-order chi connectivity index (χ0) is 19.5. The number of nitrogens with one attached hydrogen (secondary N) is 1. The molecular weight excluding hydrogens is 426 g/mol. The van der Waals surface area contributed by atoms with Crippen LogP contribution >= 0.6 is 15.9 Å². The number of anilines is 1. The number of benzene rings is 2. The number of hydrogen-bond donors (Lipinski definition) is 1. The first-order valence-corrected chi connectivity index (χ1v) is 9.61. The van der Waals surface area contributed by atoms with Crippen molar-refractivity contribution in [3.8, 4) is 0 Å². The van der Waals surface area contributed by atoms with Crippen LogP contribution in [0.15, 0.2) is 51.8 Å². The number of nitro groups is 1. The lowest BCUT2D eigenvalue weighted by Crippen LogP contribution is -2.35. The molecule has 1 N–H and O–H groups in total. The summed E-state index contributed by atoms with van der Waals surface area (Å²) in [7, 11) is -2.54. The molecule has 0 unspecified atom stereocenters. The van der Waals surface area contributed by atoms with Crippen LogP contribution in [-0.2, 0) is 14.8 Å². The van der Waals surface area contributed by atoms with Crippen molar-refractivity contribution < 1.29 is 18.1 Å². The van der Waals surface area contributed by atoms with Crippen LogP contribution in [-0.4, -0.2) is 37.1 Å². The molecule has 2 aromatic carbocycles. The molecule has 0 bridgehead atoms. The lowest BCUT2D eigenvalue weighted by atomic mass is 10.2. The first-order valence-electron chi connectivity index (χ1n) is 7.38. The summed E-state index contributed by atoms with van der Waals surface area (Å²) in [6.07, 6.45) is 0. The van der Waals surface area contributed by atoms with E-state index in [1.165, 1.54) is 37.4 Å². The summed E-state index contributed by atoms with van der Waals surface area (Å²) in [5.74, 6) is -0.600. The molecule has 0 atom stereocenters. The van der Waals surface area contributed by atoms with Gasteiger partial charge in [0.2, 0.25) is 15.9 Å². The highest BCUT2D eigenvalue weighted by atomic mass is 79.9. The summed E-state index contributed by atoms with van der Waals surface area (Å²) in [6.45, 7) is 1.25. The second-order valence-corrected chi connectivity index (χ2v) is 8.48. The van der Waals surface area contributed by atoms with Gasteiger partial charge < -0.3 is 5.32 Å². The van der Waals surface area contributed by atoms with Crippen molar-refractivity contribution in [3.05, 3.63) is 62.6 Å². The van der Waals surface area contributed by atoms with Crippen LogP contribution in [0, 0.1) is 17.0 Å². The number of non-ortho nitro benzene ring substituents is 1. The lowest BCUT2D eigenvalue weighted by Gasteiger charge is -2.17. The Hall–Kier alpha value is -2.30. The summed E-state index contributed by atoms with van der Waals surface area (Å²) in [4.78, 5) is 22.5. The van der Waals surface area contributed by atoms with Gasteiger partial charge in [0, 0.05) is 23.7 Å². The van der Waals surface area contributed by atoms with E-state index in [9.17, 15) is 23.3 Å². The van der Waals surface area contributed by atoms with Crippen molar-refractivity contribution in [2.75, 3.05) is 18.9 Å². The maximum atomic E-state index is 12.5. The number of halogens is 1. The highest BCUT2D eigenvalue weighted by Gasteiger charge is 2.23. The summed E-state index contributed by atoms with van der Waals surface area (Å²) in [5, 5.41) is 13.4. The molecule has 0 aliphatic rings. The Kier molecular flexibility index (Phi) is 6.11. The molecule has 0 fully saturated rings. The van der Waals surface area contributed by atoms with Crippen LogP contribution in [0.4, 0.5) is 11.4 Å². The Bertz CT molecular complexity index is 945. The van der Waals surface area contributed by atoms with Crippen LogP contribution < -0.4 is 5.32 Å². The average Bonchev–Trinajstić information content (AvgIpc) is 2.56. The van der Waals surface area contributed by atoms with Gasteiger partial charge in [-0.05, 0) is 36.8 Å². The summed E-state index contributed by atoms with van der Waals surface area (Å²) < 4.78 is 26.6. The van der Waals surface area contributed by atoms with Crippen LogP contribution in [0.2, 0.25) is 0 Å². The third-order valence-electron chi connectivity index (χ3n) is 3.59. The fraction of sp³-hybridized carbons (Fsp3) is 0.188. The zero-order valence-corrected chi connectivity index (χ0v) is 16.4. The molecule has 0 saturated heterocycles. The molecule has 0 aliphatic carbocycles. The van der Waals surface area contributed by atoms with Gasteiger partial charge in [-0.2, -0.15) is 4.31 Å². The molecule has 0 aliphatic heterocycles. The molecule has 138 valence electrons. The van der Waals surface area contributed by atoms with E-state index in [-0.39, 0.29) is 16.3 Å². The Morgan fingerprint density at radius 1 is 1.23 bits per heavy atom. The smallest absolute Gasteiger partial charge is 0.271 e. The molecule has 26 heavy (non-hydrogen) atoms. The van der Waals surface area contributed by atoms with Gasteiger partial charge in [0.25, 0.3) is 5.69 Å². The first kappa shape index (κ1) is 20.0. The van der Waals surface area contributed by atoms with E-state index in [1.54, 1.807) is 19.1 Å². The molecule has 0 radical (unpaired) electrons. The standard InChI is InChI=1S/C16H16BrN3O5S/c1-11-3-6-13(20(22)23)9-15(11)18-16(21)10-19(2)26(24,25)14-7-4-12(17)5-8-14/h3-9H,10H2,1-2H3,(H,18,21). The van der Waals surface area contributed by atoms with Gasteiger partial charge in [-0.1, -0.05) is 22.0 Å². The van der Waals surface area contributed by atoms with Crippen molar-refractivity contribution in [1.29, 1.82) is 0 Å². The number of rotatable bonds is 6. The van der Waals surface area contributed by atoms with Crippen LogP contribution in [0.1, 0.15) is 5.56 Å². The molecule has 8 nitrogen and oxygen atoms in total. The van der Waals surface area contributed by atoms with E-state index in [1.807, 2.05) is 0 Å². The van der Waals surface area contributed by atoms with E-state index in [0.29, 0.717) is 5.56 Å². The second-order valence-electron chi connectivity index (χ2n) is 5.52. The minimum absolute atomic E-state index is 0.0579. The molecule has 0 spiro atoms. The lowest BCUT2D eigenvalue weighted by molar-refractivity contribution is -0.384. The number of aryl methyl sites for hydroxylation is 1. The number of carbonyl (C=O) groups excluding carboxylic acids is 1. The summed E-state index contributed by atoms with van der Waals surface area (Å²) in [6, 6.07) is 10.1. The number of nitro benzene ring substituents is 1. The Labute approximate surface area is 159 Å². The molecular formula is C16H16BrN3O5S. The van der Waals surface area contributed by atoms with Crippen LogP contribution in [0.3, 0.4) is 0 Å². The maximum Gasteiger partial charge on any atom is 0.271 e. The van der Waals surface area contributed by atoms with Crippen molar-refractivity contribution in [1.82, 2.24) is 4.31 Å². The third kappa shape index (κ3) is 4.65.